The van der Waals surface area contributed by atoms with Gasteiger partial charge in [-0.2, -0.15) is 10.5 Å². The first-order chi connectivity index (χ1) is 9.66. The van der Waals surface area contributed by atoms with Gasteiger partial charge in [-0.15, -0.1) is 0 Å². The minimum absolute atomic E-state index is 0.0720. The second-order valence-electron chi connectivity index (χ2n) is 5.97. The number of ketones is 1. The van der Waals surface area contributed by atoms with Crippen molar-refractivity contribution in [3.05, 3.63) is 29.3 Å². The molecule has 0 bridgehead atoms. The Bertz CT molecular complexity index is 563. The molecule has 0 aliphatic carbocycles. The molecule has 2 N–H and O–H groups in total. The summed E-state index contributed by atoms with van der Waals surface area (Å²) in [5, 5.41) is 12.8. The molecule has 1 rings (SSSR count). The molecule has 0 radical (unpaired) electrons. The topological polar surface area (TPSA) is 80.4 Å². The number of aryl methyl sites for hydroxylation is 2. The van der Waals surface area contributed by atoms with Crippen molar-refractivity contribution in [3.63, 3.8) is 0 Å². The molecule has 114 valence electrons. The summed E-state index contributed by atoms with van der Waals surface area (Å²) in [5.41, 5.74) is 9.63. The summed E-state index contributed by atoms with van der Waals surface area (Å²) in [5.74, 6) is 0.280. The van der Waals surface area contributed by atoms with Crippen molar-refractivity contribution in [2.24, 2.45) is 10.6 Å². The fraction of sp³-hybridized carbons (Fsp3) is 0.467. The van der Waals surface area contributed by atoms with Gasteiger partial charge in [0.1, 0.15) is 5.78 Å². The van der Waals surface area contributed by atoms with Gasteiger partial charge < -0.3 is 0 Å². The van der Waals surface area contributed by atoms with Crippen LogP contribution in [-0.4, -0.2) is 16.7 Å². The van der Waals surface area contributed by atoms with Crippen molar-refractivity contribution in [1.29, 1.82) is 10.9 Å². The SMILES string of the molecule is Cc1ccc(N(N=N)C(=N)SCC(=O)C(C)(C)C)c(C)c1. The van der Waals surface area contributed by atoms with Crippen molar-refractivity contribution < 1.29 is 4.79 Å². The molecule has 0 aromatic heterocycles. The molecule has 6 heteroatoms. The number of rotatable bonds is 4. The van der Waals surface area contributed by atoms with E-state index in [-0.39, 0.29) is 16.7 Å². The van der Waals surface area contributed by atoms with Gasteiger partial charge in [-0.25, -0.2) is 0 Å². The summed E-state index contributed by atoms with van der Waals surface area (Å²) >= 11 is 1.10. The van der Waals surface area contributed by atoms with E-state index in [2.05, 4.69) is 5.22 Å². The molecule has 0 unspecified atom stereocenters. The third-order valence-corrected chi connectivity index (χ3v) is 3.90. The third-order valence-electron chi connectivity index (χ3n) is 3.05. The zero-order valence-electron chi connectivity index (χ0n) is 13.2. The van der Waals surface area contributed by atoms with Crippen LogP contribution in [0.5, 0.6) is 0 Å². The van der Waals surface area contributed by atoms with Crippen LogP contribution >= 0.6 is 11.8 Å². The Hall–Kier alpha value is -1.69. The van der Waals surface area contributed by atoms with Crippen molar-refractivity contribution in [2.45, 2.75) is 34.6 Å². The summed E-state index contributed by atoms with van der Waals surface area (Å²) in [6, 6.07) is 5.73. The molecule has 5 nitrogen and oxygen atoms in total. The van der Waals surface area contributed by atoms with E-state index in [0.717, 1.165) is 22.9 Å². The van der Waals surface area contributed by atoms with Crippen molar-refractivity contribution in [3.8, 4) is 0 Å². The lowest BCUT2D eigenvalue weighted by Gasteiger charge is -2.21. The molecule has 0 amide bonds. The van der Waals surface area contributed by atoms with Gasteiger partial charge in [0.15, 0.2) is 5.17 Å². The molecule has 0 saturated carbocycles. The lowest BCUT2D eigenvalue weighted by molar-refractivity contribution is -0.123. The summed E-state index contributed by atoms with van der Waals surface area (Å²) in [4.78, 5) is 11.9. The highest BCUT2D eigenvalue weighted by Gasteiger charge is 2.23. The zero-order chi connectivity index (χ0) is 16.2. The Morgan fingerprint density at radius 3 is 2.43 bits per heavy atom. The van der Waals surface area contributed by atoms with Gasteiger partial charge in [-0.3, -0.25) is 10.2 Å². The Morgan fingerprint density at radius 1 is 1.33 bits per heavy atom. The van der Waals surface area contributed by atoms with Crippen molar-refractivity contribution in [2.75, 3.05) is 10.8 Å². The number of anilines is 1. The lowest BCUT2D eigenvalue weighted by Crippen LogP contribution is -2.26. The number of thioether (sulfide) groups is 1. The Labute approximate surface area is 130 Å². The fourth-order valence-electron chi connectivity index (χ4n) is 1.66. The summed E-state index contributed by atoms with van der Waals surface area (Å²) < 4.78 is 0. The number of hydrogen-bond donors (Lipinski definition) is 2. The van der Waals surface area contributed by atoms with Gasteiger partial charge in [-0.1, -0.05) is 55.5 Å². The monoisotopic (exact) mass is 306 g/mol. The van der Waals surface area contributed by atoms with Crippen LogP contribution in [-0.2, 0) is 4.79 Å². The highest BCUT2D eigenvalue weighted by molar-refractivity contribution is 8.14. The largest absolute Gasteiger partial charge is 0.298 e. The van der Waals surface area contributed by atoms with Crippen LogP contribution < -0.4 is 5.01 Å². The molecule has 0 saturated heterocycles. The normalized spacial score (nSPS) is 11.1. The fourth-order valence-corrected chi connectivity index (χ4v) is 2.63. The highest BCUT2D eigenvalue weighted by atomic mass is 32.2. The van der Waals surface area contributed by atoms with E-state index in [1.54, 1.807) is 0 Å². The van der Waals surface area contributed by atoms with Crippen LogP contribution in [0.15, 0.2) is 23.4 Å². The van der Waals surface area contributed by atoms with Gasteiger partial charge in [0.25, 0.3) is 0 Å². The van der Waals surface area contributed by atoms with Crippen LogP contribution in [0.1, 0.15) is 31.9 Å². The molecule has 0 atom stereocenters. The van der Waals surface area contributed by atoms with Gasteiger partial charge in [0, 0.05) is 5.41 Å². The smallest absolute Gasteiger partial charge is 0.183 e. The molecule has 0 spiro atoms. The van der Waals surface area contributed by atoms with Gasteiger partial charge in [0.2, 0.25) is 0 Å². The van der Waals surface area contributed by atoms with Crippen LogP contribution in [0.3, 0.4) is 0 Å². The molecular formula is C15H22N4OS. The number of Topliss-reactive ketones (excluding diaryl/α,β-unsaturated/α-hetero) is 1. The molecule has 0 aliphatic heterocycles. The number of nitrogens with zero attached hydrogens (tertiary/aromatic N) is 2. The van der Waals surface area contributed by atoms with Crippen molar-refractivity contribution >= 4 is 28.4 Å². The minimum Gasteiger partial charge on any atom is -0.298 e. The first-order valence-corrected chi connectivity index (χ1v) is 7.64. The van der Waals surface area contributed by atoms with Gasteiger partial charge >= 0.3 is 0 Å². The van der Waals surface area contributed by atoms with Crippen LogP contribution in [0.4, 0.5) is 5.69 Å². The summed E-state index contributed by atoms with van der Waals surface area (Å²) in [6.45, 7) is 9.47. The highest BCUT2D eigenvalue weighted by Crippen LogP contribution is 2.25. The number of carbonyl (C=O) groups excluding carboxylic acids is 1. The Balaban J connectivity index is 2.83. The van der Waals surface area contributed by atoms with Crippen LogP contribution in [0.2, 0.25) is 0 Å². The number of hydrogen-bond acceptors (Lipinski definition) is 5. The second-order valence-corrected chi connectivity index (χ2v) is 6.93. The molecule has 1 aromatic rings. The molecular weight excluding hydrogens is 284 g/mol. The van der Waals surface area contributed by atoms with E-state index < -0.39 is 5.41 Å². The predicted octanol–water partition coefficient (Wildman–Crippen LogP) is 4.34. The average Bonchev–Trinajstić information content (AvgIpc) is 2.38. The van der Waals surface area contributed by atoms with E-state index in [0.29, 0.717) is 5.69 Å². The molecule has 0 aliphatic rings. The first-order valence-electron chi connectivity index (χ1n) is 6.66. The third kappa shape index (κ3) is 4.67. The molecule has 21 heavy (non-hydrogen) atoms. The minimum atomic E-state index is -0.421. The Morgan fingerprint density at radius 2 is 1.95 bits per heavy atom. The maximum absolute atomic E-state index is 11.9. The molecule has 0 heterocycles. The molecule has 0 fully saturated rings. The standard InChI is InChI=1S/C15H22N4OS/c1-10-6-7-12(11(2)8-10)19(18-17)14(16)21-9-13(20)15(3,4)5/h6-8,16-17H,9H2,1-5H3. The summed E-state index contributed by atoms with van der Waals surface area (Å²) in [7, 11) is 0. The Kier molecular flexibility index (Phi) is 5.66. The summed E-state index contributed by atoms with van der Waals surface area (Å²) in [6.07, 6.45) is 0. The van der Waals surface area contributed by atoms with E-state index in [1.165, 1.54) is 5.01 Å². The van der Waals surface area contributed by atoms with Crippen molar-refractivity contribution in [1.82, 2.24) is 0 Å². The number of carbonyl (C=O) groups is 1. The number of nitrogens with one attached hydrogen (secondary N) is 2. The first kappa shape index (κ1) is 17.4. The number of benzene rings is 1. The lowest BCUT2D eigenvalue weighted by atomic mass is 9.92. The van der Waals surface area contributed by atoms with Crippen LogP contribution in [0.25, 0.3) is 0 Å². The zero-order valence-corrected chi connectivity index (χ0v) is 14.0. The predicted molar refractivity (Wildman–Crippen MR) is 88.2 cm³/mol. The quantitative estimate of drug-likeness (QED) is 0.376. The van der Waals surface area contributed by atoms with Gasteiger partial charge in [0.05, 0.1) is 11.4 Å². The average molecular weight is 306 g/mol. The van der Waals surface area contributed by atoms with Gasteiger partial charge in [-0.05, 0) is 25.5 Å². The second kappa shape index (κ2) is 6.85. The van der Waals surface area contributed by atoms with E-state index in [9.17, 15) is 4.79 Å². The van der Waals surface area contributed by atoms with E-state index in [1.807, 2.05) is 52.8 Å². The molecule has 1 aromatic carbocycles. The van der Waals surface area contributed by atoms with Crippen LogP contribution in [0, 0.1) is 30.2 Å². The van der Waals surface area contributed by atoms with E-state index >= 15 is 0 Å². The van der Waals surface area contributed by atoms with E-state index in [4.69, 9.17) is 10.9 Å². The number of amidine groups is 1. The maximum atomic E-state index is 11.9. The maximum Gasteiger partial charge on any atom is 0.183 e.